The van der Waals surface area contributed by atoms with E-state index in [9.17, 15) is 0 Å². The van der Waals surface area contributed by atoms with E-state index in [-0.39, 0.29) is 18.3 Å². The van der Waals surface area contributed by atoms with Crippen LogP contribution in [0.25, 0.3) is 0 Å². The van der Waals surface area contributed by atoms with E-state index < -0.39 is 0 Å². The molecule has 1 nitrogen and oxygen atoms in total. The first-order chi connectivity index (χ1) is 5.71. The van der Waals surface area contributed by atoms with E-state index in [0.717, 1.165) is 0 Å². The Morgan fingerprint density at radius 3 is 1.71 bits per heavy atom. The fourth-order valence-electron chi connectivity index (χ4n) is 0.968. The Kier molecular flexibility index (Phi) is 3.91. The van der Waals surface area contributed by atoms with Crippen LogP contribution in [0.4, 0.5) is 0 Å². The van der Waals surface area contributed by atoms with Crippen LogP contribution in [-0.4, -0.2) is 4.98 Å². The van der Waals surface area contributed by atoms with Crippen LogP contribution in [0.2, 0.25) is 0 Å². The molecule has 0 radical (unpaired) electrons. The van der Waals surface area contributed by atoms with Crippen molar-refractivity contribution in [1.29, 1.82) is 0 Å². The van der Waals surface area contributed by atoms with Crippen LogP contribution < -0.4 is 0 Å². The highest BCUT2D eigenvalue weighted by atomic mass is 32.1. The van der Waals surface area contributed by atoms with Crippen LogP contribution >= 0.6 is 11.3 Å². The second kappa shape index (κ2) is 4.01. The third-order valence-electron chi connectivity index (χ3n) is 1.89. The molecule has 0 aromatic carbocycles. The van der Waals surface area contributed by atoms with Crippen molar-refractivity contribution in [1.82, 2.24) is 4.98 Å². The van der Waals surface area contributed by atoms with Crippen LogP contribution in [0, 0.1) is 0 Å². The van der Waals surface area contributed by atoms with Gasteiger partial charge >= 0.3 is 0 Å². The van der Waals surface area contributed by atoms with Gasteiger partial charge in [-0.05, 0) is 5.41 Å². The van der Waals surface area contributed by atoms with Crippen LogP contribution in [-0.2, 0) is 10.8 Å². The van der Waals surface area contributed by atoms with Gasteiger partial charge in [0.25, 0.3) is 0 Å². The lowest BCUT2D eigenvalue weighted by Gasteiger charge is -2.16. The molecule has 1 rings (SSSR count). The van der Waals surface area contributed by atoms with Crippen LogP contribution in [0.15, 0.2) is 6.20 Å². The van der Waals surface area contributed by atoms with Gasteiger partial charge in [-0.3, -0.25) is 0 Å². The summed E-state index contributed by atoms with van der Waals surface area (Å²) in [5.74, 6) is 0. The molecule has 0 aliphatic carbocycles. The molecule has 0 unspecified atom stereocenters. The SMILES string of the molecule is C.CC(C)(C)c1cnc(C(C)(C)C)s1. The first kappa shape index (κ1) is 13.6. The van der Waals surface area contributed by atoms with Gasteiger partial charge in [-0.2, -0.15) is 0 Å². The largest absolute Gasteiger partial charge is 0.249 e. The molecular formula is C12H23NS. The van der Waals surface area contributed by atoms with Gasteiger partial charge in [0.05, 0.1) is 5.01 Å². The third-order valence-corrected chi connectivity index (χ3v) is 3.74. The molecule has 0 fully saturated rings. The number of nitrogens with zero attached hydrogens (tertiary/aromatic N) is 1. The summed E-state index contributed by atoms with van der Waals surface area (Å²) < 4.78 is 0. The zero-order valence-corrected chi connectivity index (χ0v) is 10.2. The molecule has 0 saturated heterocycles. The summed E-state index contributed by atoms with van der Waals surface area (Å²) in [6.45, 7) is 13.3. The number of hydrogen-bond donors (Lipinski definition) is 0. The molecule has 1 aromatic rings. The van der Waals surface area contributed by atoms with E-state index in [1.54, 1.807) is 0 Å². The van der Waals surface area contributed by atoms with Gasteiger partial charge in [0.2, 0.25) is 0 Å². The molecule has 0 aliphatic rings. The molecule has 0 amide bonds. The van der Waals surface area contributed by atoms with Crippen molar-refractivity contribution in [2.45, 2.75) is 59.8 Å². The van der Waals surface area contributed by atoms with Crippen molar-refractivity contribution in [2.75, 3.05) is 0 Å². The topological polar surface area (TPSA) is 12.9 Å². The third kappa shape index (κ3) is 3.09. The van der Waals surface area contributed by atoms with Crippen molar-refractivity contribution < 1.29 is 0 Å². The van der Waals surface area contributed by atoms with Gasteiger partial charge in [-0.1, -0.05) is 49.0 Å². The van der Waals surface area contributed by atoms with Gasteiger partial charge in [-0.25, -0.2) is 4.98 Å². The van der Waals surface area contributed by atoms with Gasteiger partial charge in [0, 0.05) is 16.5 Å². The Balaban J connectivity index is 0.00000169. The van der Waals surface area contributed by atoms with Crippen LogP contribution in [0.5, 0.6) is 0 Å². The Labute approximate surface area is 92.6 Å². The van der Waals surface area contributed by atoms with E-state index in [1.165, 1.54) is 9.88 Å². The lowest BCUT2D eigenvalue weighted by molar-refractivity contribution is 0.585. The molecular weight excluding hydrogens is 190 g/mol. The molecule has 82 valence electrons. The molecule has 0 bridgehead atoms. The average Bonchev–Trinajstić information content (AvgIpc) is 2.28. The first-order valence-corrected chi connectivity index (χ1v) is 5.50. The molecule has 14 heavy (non-hydrogen) atoms. The summed E-state index contributed by atoms with van der Waals surface area (Å²) >= 11 is 1.84. The van der Waals surface area contributed by atoms with E-state index in [2.05, 4.69) is 46.5 Å². The highest BCUT2D eigenvalue weighted by Crippen LogP contribution is 2.33. The molecule has 1 heterocycles. The molecule has 0 atom stereocenters. The summed E-state index contributed by atoms with van der Waals surface area (Å²) in [6.07, 6.45) is 2.02. The minimum atomic E-state index is 0. The zero-order valence-electron chi connectivity index (χ0n) is 9.43. The fourth-order valence-corrected chi connectivity index (χ4v) is 2.00. The van der Waals surface area contributed by atoms with E-state index in [0.29, 0.717) is 0 Å². The summed E-state index contributed by atoms with van der Waals surface area (Å²) in [5, 5.41) is 1.23. The maximum absolute atomic E-state index is 4.47. The predicted molar refractivity (Wildman–Crippen MR) is 66.2 cm³/mol. The Morgan fingerprint density at radius 1 is 1.00 bits per heavy atom. The van der Waals surface area contributed by atoms with Crippen molar-refractivity contribution in [3.8, 4) is 0 Å². The Bertz CT molecular complexity index is 258. The summed E-state index contributed by atoms with van der Waals surface area (Å²) in [6, 6.07) is 0. The van der Waals surface area contributed by atoms with E-state index in [4.69, 9.17) is 0 Å². The standard InChI is InChI=1S/C11H19NS.CH4/c1-10(2,3)8-7-12-9(13-8)11(4,5)6;/h7H,1-6H3;1H4. The molecule has 0 aliphatic heterocycles. The summed E-state index contributed by atoms with van der Waals surface area (Å²) in [5.41, 5.74) is 0.426. The lowest BCUT2D eigenvalue weighted by atomic mass is 9.95. The smallest absolute Gasteiger partial charge is 0.0981 e. The quantitative estimate of drug-likeness (QED) is 0.623. The van der Waals surface area contributed by atoms with Crippen molar-refractivity contribution >= 4 is 11.3 Å². The maximum Gasteiger partial charge on any atom is 0.0981 e. The number of rotatable bonds is 0. The summed E-state index contributed by atoms with van der Waals surface area (Å²) in [7, 11) is 0. The van der Waals surface area contributed by atoms with Crippen molar-refractivity contribution in [3.05, 3.63) is 16.1 Å². The Hall–Kier alpha value is -0.370. The molecule has 2 heteroatoms. The average molecular weight is 213 g/mol. The van der Waals surface area contributed by atoms with Crippen LogP contribution in [0.1, 0.15) is 58.9 Å². The second-order valence-electron chi connectivity index (χ2n) is 5.53. The highest BCUT2D eigenvalue weighted by Gasteiger charge is 2.22. The molecule has 0 saturated carbocycles. The van der Waals surface area contributed by atoms with Crippen molar-refractivity contribution in [3.63, 3.8) is 0 Å². The minimum Gasteiger partial charge on any atom is -0.249 e. The zero-order chi connectivity index (χ0) is 10.3. The summed E-state index contributed by atoms with van der Waals surface area (Å²) in [4.78, 5) is 5.85. The number of aromatic nitrogens is 1. The second-order valence-corrected chi connectivity index (χ2v) is 6.56. The predicted octanol–water partition coefficient (Wildman–Crippen LogP) is 4.37. The molecule has 0 spiro atoms. The van der Waals surface area contributed by atoms with Gasteiger partial charge < -0.3 is 0 Å². The maximum atomic E-state index is 4.47. The van der Waals surface area contributed by atoms with Gasteiger partial charge in [-0.15, -0.1) is 11.3 Å². The van der Waals surface area contributed by atoms with E-state index in [1.807, 2.05) is 17.5 Å². The monoisotopic (exact) mass is 213 g/mol. The van der Waals surface area contributed by atoms with E-state index >= 15 is 0 Å². The first-order valence-electron chi connectivity index (χ1n) is 4.68. The number of hydrogen-bond acceptors (Lipinski definition) is 2. The fraction of sp³-hybridized carbons (Fsp3) is 0.750. The number of thiazole rings is 1. The molecule has 0 N–H and O–H groups in total. The highest BCUT2D eigenvalue weighted by molar-refractivity contribution is 7.11. The molecule has 1 aromatic heterocycles. The van der Waals surface area contributed by atoms with Gasteiger partial charge in [0.15, 0.2) is 0 Å². The van der Waals surface area contributed by atoms with Crippen molar-refractivity contribution in [2.24, 2.45) is 0 Å². The normalized spacial score (nSPS) is 12.4. The lowest BCUT2D eigenvalue weighted by Crippen LogP contribution is -2.10. The van der Waals surface area contributed by atoms with Gasteiger partial charge in [0.1, 0.15) is 0 Å². The van der Waals surface area contributed by atoms with Crippen LogP contribution in [0.3, 0.4) is 0 Å². The minimum absolute atomic E-state index is 0. The Morgan fingerprint density at radius 2 is 1.50 bits per heavy atom.